The van der Waals surface area contributed by atoms with Crippen molar-refractivity contribution < 1.29 is 4.74 Å². The summed E-state index contributed by atoms with van der Waals surface area (Å²) in [6.45, 7) is 3.96. The summed E-state index contributed by atoms with van der Waals surface area (Å²) in [6, 6.07) is 0. The lowest BCUT2D eigenvalue weighted by Gasteiger charge is -1.97. The summed E-state index contributed by atoms with van der Waals surface area (Å²) in [4.78, 5) is 8.42. The molecule has 0 unspecified atom stereocenters. The van der Waals surface area contributed by atoms with Gasteiger partial charge in [-0.25, -0.2) is 4.98 Å². The fourth-order valence-electron chi connectivity index (χ4n) is 1.24. The predicted molar refractivity (Wildman–Crippen MR) is 74.6 cm³/mol. The monoisotopic (exact) mass is 245 g/mol. The van der Waals surface area contributed by atoms with Gasteiger partial charge in [0, 0.05) is 18.9 Å². The molecule has 4 nitrogen and oxygen atoms in total. The summed E-state index contributed by atoms with van der Waals surface area (Å²) in [7, 11) is 3.57. The minimum absolute atomic E-state index is 0.690. The third-order valence-electron chi connectivity index (χ3n) is 2.45. The van der Waals surface area contributed by atoms with Crippen LogP contribution in [-0.4, -0.2) is 22.9 Å². The molecule has 1 rings (SSSR count). The maximum Gasteiger partial charge on any atom is 0.151 e. The van der Waals surface area contributed by atoms with Crippen molar-refractivity contribution in [1.29, 1.82) is 0 Å². The lowest BCUT2D eigenvalue weighted by molar-refractivity contribution is 0.306. The van der Waals surface area contributed by atoms with E-state index in [4.69, 9.17) is 4.74 Å². The number of aryl methyl sites for hydroxylation is 1. The normalized spacial score (nSPS) is 13.2. The van der Waals surface area contributed by atoms with E-state index < -0.39 is 0 Å². The van der Waals surface area contributed by atoms with Gasteiger partial charge in [-0.2, -0.15) is 0 Å². The molecule has 0 radical (unpaired) electrons. The van der Waals surface area contributed by atoms with Gasteiger partial charge in [-0.15, -0.1) is 0 Å². The third-order valence-corrected chi connectivity index (χ3v) is 2.45. The number of aliphatic imine (C=N–C) groups is 1. The first kappa shape index (κ1) is 14.0. The first-order valence-corrected chi connectivity index (χ1v) is 5.74. The van der Waals surface area contributed by atoms with E-state index in [-0.39, 0.29) is 0 Å². The van der Waals surface area contributed by atoms with Crippen LogP contribution in [0.4, 0.5) is 0 Å². The number of nitrogens with zero attached hydrogens (tertiary/aromatic N) is 3. The van der Waals surface area contributed by atoms with E-state index in [9.17, 15) is 0 Å². The number of allylic oxidation sites excluding steroid dienone is 4. The molecule has 1 aromatic rings. The van der Waals surface area contributed by atoms with E-state index >= 15 is 0 Å². The highest BCUT2D eigenvalue weighted by molar-refractivity contribution is 5.75. The molecule has 0 aliphatic carbocycles. The van der Waals surface area contributed by atoms with Crippen molar-refractivity contribution in [1.82, 2.24) is 9.55 Å². The Morgan fingerprint density at radius 2 is 2.22 bits per heavy atom. The number of imidazole rings is 1. The second-order valence-electron chi connectivity index (χ2n) is 3.72. The number of ether oxygens (including phenoxy) is 1. The molecule has 0 N–H and O–H groups in total. The van der Waals surface area contributed by atoms with Gasteiger partial charge in [-0.3, -0.25) is 4.99 Å². The lowest BCUT2D eigenvalue weighted by atomic mass is 10.4. The molecular weight excluding hydrogens is 226 g/mol. The SMILES string of the molecule is C\C=C/C=C\C(=C\N=C\c1ncc(C)n1C)OC. The minimum Gasteiger partial charge on any atom is -0.495 e. The molecule has 0 bridgehead atoms. The van der Waals surface area contributed by atoms with Crippen LogP contribution in [0.3, 0.4) is 0 Å². The van der Waals surface area contributed by atoms with Gasteiger partial charge in [0.25, 0.3) is 0 Å². The van der Waals surface area contributed by atoms with E-state index in [1.54, 1.807) is 19.5 Å². The van der Waals surface area contributed by atoms with Crippen molar-refractivity contribution in [2.75, 3.05) is 7.11 Å². The lowest BCUT2D eigenvalue weighted by Crippen LogP contribution is -1.97. The predicted octanol–water partition coefficient (Wildman–Crippen LogP) is 2.77. The molecule has 1 heterocycles. The molecule has 0 amide bonds. The molecule has 0 fully saturated rings. The van der Waals surface area contributed by atoms with E-state index in [1.807, 2.05) is 56.0 Å². The molecule has 0 aromatic carbocycles. The Bertz CT molecular complexity index is 493. The van der Waals surface area contributed by atoms with Crippen molar-refractivity contribution in [2.24, 2.45) is 12.0 Å². The van der Waals surface area contributed by atoms with Crippen LogP contribution in [0.15, 0.2) is 47.5 Å². The highest BCUT2D eigenvalue weighted by Crippen LogP contribution is 2.01. The number of hydrogen-bond acceptors (Lipinski definition) is 3. The molecule has 18 heavy (non-hydrogen) atoms. The molecule has 0 saturated heterocycles. The minimum atomic E-state index is 0.690. The maximum atomic E-state index is 5.17. The average molecular weight is 245 g/mol. The van der Waals surface area contributed by atoms with Crippen LogP contribution in [0.1, 0.15) is 18.4 Å². The van der Waals surface area contributed by atoms with Crippen LogP contribution in [-0.2, 0) is 11.8 Å². The topological polar surface area (TPSA) is 39.4 Å². The molecule has 0 aliphatic heterocycles. The Hall–Kier alpha value is -2.10. The molecule has 0 spiro atoms. The zero-order valence-corrected chi connectivity index (χ0v) is 11.3. The third kappa shape index (κ3) is 4.05. The van der Waals surface area contributed by atoms with Gasteiger partial charge in [-0.1, -0.05) is 18.2 Å². The maximum absolute atomic E-state index is 5.17. The molecule has 0 saturated carbocycles. The van der Waals surface area contributed by atoms with Gasteiger partial charge in [0.05, 0.1) is 19.5 Å². The first-order chi connectivity index (χ1) is 8.69. The van der Waals surface area contributed by atoms with Crippen LogP contribution in [0.25, 0.3) is 0 Å². The smallest absolute Gasteiger partial charge is 0.151 e. The van der Waals surface area contributed by atoms with Gasteiger partial charge in [-0.05, 0) is 19.9 Å². The molecule has 0 aliphatic rings. The Labute approximate surface area is 108 Å². The summed E-state index contributed by atoms with van der Waals surface area (Å²) in [5.74, 6) is 1.51. The highest BCUT2D eigenvalue weighted by Gasteiger charge is 1.97. The zero-order chi connectivity index (χ0) is 13.4. The standard InChI is InChI=1S/C14H19N3O/c1-5-6-7-8-13(18-4)10-15-11-14-16-9-12(2)17(14)3/h5-11H,1-4H3/b6-5-,8-7-,13-10-,15-11+. The van der Waals surface area contributed by atoms with Gasteiger partial charge < -0.3 is 9.30 Å². The van der Waals surface area contributed by atoms with Gasteiger partial charge in [0.15, 0.2) is 5.82 Å². The van der Waals surface area contributed by atoms with Gasteiger partial charge in [0.1, 0.15) is 5.76 Å². The fraction of sp³-hybridized carbons (Fsp3) is 0.286. The van der Waals surface area contributed by atoms with Crippen LogP contribution in [0.2, 0.25) is 0 Å². The van der Waals surface area contributed by atoms with Crippen molar-refractivity contribution in [3.8, 4) is 0 Å². The number of hydrogen-bond donors (Lipinski definition) is 0. The fourth-order valence-corrected chi connectivity index (χ4v) is 1.24. The summed E-state index contributed by atoms with van der Waals surface area (Å²) < 4.78 is 7.14. The highest BCUT2D eigenvalue weighted by atomic mass is 16.5. The molecule has 96 valence electrons. The Balaban J connectivity index is 2.74. The van der Waals surface area contributed by atoms with Crippen molar-refractivity contribution in [3.63, 3.8) is 0 Å². The average Bonchev–Trinajstić information content (AvgIpc) is 2.69. The van der Waals surface area contributed by atoms with Crippen LogP contribution in [0.5, 0.6) is 0 Å². The molecular formula is C14H19N3O. The summed E-state index contributed by atoms with van der Waals surface area (Å²) in [6.07, 6.45) is 12.8. The zero-order valence-electron chi connectivity index (χ0n) is 11.3. The Kier molecular flexibility index (Phi) is 5.64. The van der Waals surface area contributed by atoms with E-state index in [0.717, 1.165) is 11.5 Å². The van der Waals surface area contributed by atoms with E-state index in [0.29, 0.717) is 5.76 Å². The first-order valence-electron chi connectivity index (χ1n) is 5.74. The van der Waals surface area contributed by atoms with Crippen LogP contribution >= 0.6 is 0 Å². The number of aromatic nitrogens is 2. The summed E-state index contributed by atoms with van der Waals surface area (Å²) in [5.41, 5.74) is 1.10. The van der Waals surface area contributed by atoms with Crippen LogP contribution < -0.4 is 0 Å². The Morgan fingerprint density at radius 3 is 2.78 bits per heavy atom. The van der Waals surface area contributed by atoms with Crippen LogP contribution in [0, 0.1) is 6.92 Å². The number of rotatable bonds is 5. The van der Waals surface area contributed by atoms with E-state index in [1.165, 1.54) is 0 Å². The van der Waals surface area contributed by atoms with Crippen molar-refractivity contribution >= 4 is 6.21 Å². The van der Waals surface area contributed by atoms with Gasteiger partial charge >= 0.3 is 0 Å². The second-order valence-corrected chi connectivity index (χ2v) is 3.72. The molecule has 4 heteroatoms. The molecule has 1 aromatic heterocycles. The quantitative estimate of drug-likeness (QED) is 0.454. The summed E-state index contributed by atoms with van der Waals surface area (Å²) >= 11 is 0. The van der Waals surface area contributed by atoms with Gasteiger partial charge in [0.2, 0.25) is 0 Å². The second kappa shape index (κ2) is 7.27. The van der Waals surface area contributed by atoms with Crippen molar-refractivity contribution in [2.45, 2.75) is 13.8 Å². The molecule has 0 atom stereocenters. The Morgan fingerprint density at radius 1 is 1.44 bits per heavy atom. The van der Waals surface area contributed by atoms with E-state index in [2.05, 4.69) is 9.98 Å². The largest absolute Gasteiger partial charge is 0.495 e. The van der Waals surface area contributed by atoms with Crippen molar-refractivity contribution in [3.05, 3.63) is 54.0 Å². The number of methoxy groups -OCH3 is 1. The summed E-state index contributed by atoms with van der Waals surface area (Å²) in [5, 5.41) is 0.